The van der Waals surface area contributed by atoms with E-state index in [2.05, 4.69) is 34.5 Å². The van der Waals surface area contributed by atoms with Crippen LogP contribution in [0.1, 0.15) is 65.1 Å². The number of ether oxygens (including phenoxy) is 1. The van der Waals surface area contributed by atoms with Gasteiger partial charge in [0.05, 0.1) is 11.0 Å². The Balaban J connectivity index is 2.04. The Bertz CT molecular complexity index is 1110. The van der Waals surface area contributed by atoms with Crippen LogP contribution in [0.2, 0.25) is 0 Å². The summed E-state index contributed by atoms with van der Waals surface area (Å²) in [7, 11) is 0. The monoisotopic (exact) mass is 420 g/mol. The van der Waals surface area contributed by atoms with Crippen LogP contribution in [0.15, 0.2) is 36.4 Å². The number of aromatic nitrogens is 4. The van der Waals surface area contributed by atoms with Gasteiger partial charge in [-0.3, -0.25) is 4.79 Å². The number of aryl methyl sites for hydroxylation is 2. The third-order valence-corrected chi connectivity index (χ3v) is 6.27. The number of benzene rings is 2. The maximum absolute atomic E-state index is 11.6. The summed E-state index contributed by atoms with van der Waals surface area (Å²) < 4.78 is 5.09. The molecule has 1 aromatic heterocycles. The summed E-state index contributed by atoms with van der Waals surface area (Å²) in [6, 6.07) is 10.9. The molecule has 2 atom stereocenters. The van der Waals surface area contributed by atoms with Crippen LogP contribution in [0.25, 0.3) is 0 Å². The Labute approximate surface area is 179 Å². The van der Waals surface area contributed by atoms with Gasteiger partial charge in [-0.25, -0.2) is 4.79 Å². The SMILES string of the molecule is CC[C@H](C)CC1(c2nn[nH]n2)c2ccc(OC=O)cc2CCc2cc(C(=O)O)ccc21. The lowest BCUT2D eigenvalue weighted by Crippen LogP contribution is -2.34. The number of fused-ring (bicyclic) bond motifs is 2. The van der Waals surface area contributed by atoms with E-state index < -0.39 is 11.4 Å². The van der Waals surface area contributed by atoms with Crippen molar-refractivity contribution in [2.24, 2.45) is 5.92 Å². The molecule has 160 valence electrons. The number of carbonyl (C=O) groups excluding carboxylic acids is 1. The molecular formula is C23H24N4O4. The lowest BCUT2D eigenvalue weighted by atomic mass is 9.66. The first-order valence-corrected chi connectivity index (χ1v) is 10.3. The second-order valence-corrected chi connectivity index (χ2v) is 8.07. The van der Waals surface area contributed by atoms with Gasteiger partial charge in [0.2, 0.25) is 0 Å². The molecule has 1 unspecified atom stereocenters. The van der Waals surface area contributed by atoms with Crippen molar-refractivity contribution in [2.75, 3.05) is 0 Å². The molecular weight excluding hydrogens is 396 g/mol. The van der Waals surface area contributed by atoms with Gasteiger partial charge in [0, 0.05) is 0 Å². The average molecular weight is 420 g/mol. The van der Waals surface area contributed by atoms with E-state index >= 15 is 0 Å². The fourth-order valence-electron chi connectivity index (χ4n) is 4.65. The van der Waals surface area contributed by atoms with Crippen molar-refractivity contribution >= 4 is 12.4 Å². The fourth-order valence-corrected chi connectivity index (χ4v) is 4.65. The van der Waals surface area contributed by atoms with Crippen LogP contribution in [0, 0.1) is 5.92 Å². The number of tetrazole rings is 1. The number of aromatic amines is 1. The molecule has 31 heavy (non-hydrogen) atoms. The van der Waals surface area contributed by atoms with E-state index in [1.54, 1.807) is 18.2 Å². The number of nitrogens with zero attached hydrogens (tertiary/aromatic N) is 3. The molecule has 3 aromatic rings. The first-order valence-electron chi connectivity index (χ1n) is 10.3. The first-order chi connectivity index (χ1) is 15.0. The van der Waals surface area contributed by atoms with Crippen LogP contribution in [0.3, 0.4) is 0 Å². The van der Waals surface area contributed by atoms with Crippen molar-refractivity contribution in [2.45, 2.75) is 44.9 Å². The average Bonchev–Trinajstić information content (AvgIpc) is 3.27. The topological polar surface area (TPSA) is 118 Å². The van der Waals surface area contributed by atoms with E-state index in [4.69, 9.17) is 4.74 Å². The summed E-state index contributed by atoms with van der Waals surface area (Å²) in [5, 5.41) is 24.8. The minimum Gasteiger partial charge on any atom is -0.478 e. The zero-order chi connectivity index (χ0) is 22.0. The van der Waals surface area contributed by atoms with Crippen LogP contribution in [0.4, 0.5) is 0 Å². The number of rotatable bonds is 7. The Morgan fingerprint density at radius 3 is 2.55 bits per heavy atom. The lowest BCUT2D eigenvalue weighted by molar-refractivity contribution is -0.120. The number of aromatic carboxylic acids is 1. The van der Waals surface area contributed by atoms with Crippen molar-refractivity contribution in [1.29, 1.82) is 0 Å². The molecule has 0 fully saturated rings. The summed E-state index contributed by atoms with van der Waals surface area (Å²) >= 11 is 0. The lowest BCUT2D eigenvalue weighted by Gasteiger charge is -2.36. The van der Waals surface area contributed by atoms with E-state index in [1.165, 1.54) is 0 Å². The molecule has 1 aliphatic carbocycles. The molecule has 0 amide bonds. The quantitative estimate of drug-likeness (QED) is 0.563. The summed E-state index contributed by atoms with van der Waals surface area (Å²) in [5.41, 5.74) is 3.51. The summed E-state index contributed by atoms with van der Waals surface area (Å²) in [5.74, 6) is 0.390. The van der Waals surface area contributed by atoms with Crippen LogP contribution in [-0.2, 0) is 23.1 Å². The van der Waals surface area contributed by atoms with Crippen LogP contribution in [0.5, 0.6) is 5.75 Å². The first kappa shape index (κ1) is 20.7. The predicted octanol–water partition coefficient (Wildman–Crippen LogP) is 3.30. The molecule has 0 saturated heterocycles. The molecule has 0 aliphatic heterocycles. The number of nitrogens with one attached hydrogen (secondary N) is 1. The molecule has 1 aliphatic rings. The van der Waals surface area contributed by atoms with E-state index in [0.717, 1.165) is 35.1 Å². The van der Waals surface area contributed by atoms with Gasteiger partial charge in [0.15, 0.2) is 5.82 Å². The third kappa shape index (κ3) is 3.58. The molecule has 0 bridgehead atoms. The maximum atomic E-state index is 11.6. The van der Waals surface area contributed by atoms with Gasteiger partial charge in [-0.2, -0.15) is 5.21 Å². The largest absolute Gasteiger partial charge is 0.478 e. The number of hydrogen-bond donors (Lipinski definition) is 2. The molecule has 0 spiro atoms. The second kappa shape index (κ2) is 8.29. The number of carboxylic acid groups (broad SMARTS) is 1. The summed E-state index contributed by atoms with van der Waals surface area (Å²) in [4.78, 5) is 22.5. The molecule has 0 saturated carbocycles. The molecule has 8 nitrogen and oxygen atoms in total. The van der Waals surface area contributed by atoms with Gasteiger partial charge < -0.3 is 9.84 Å². The minimum absolute atomic E-state index is 0.250. The number of carboxylic acids is 1. The Morgan fingerprint density at radius 1 is 1.23 bits per heavy atom. The molecule has 2 N–H and O–H groups in total. The second-order valence-electron chi connectivity index (χ2n) is 8.07. The van der Waals surface area contributed by atoms with Crippen LogP contribution < -0.4 is 4.74 Å². The number of carbonyl (C=O) groups is 2. The normalized spacial score (nSPS) is 18.4. The number of hydrogen-bond acceptors (Lipinski definition) is 6. The molecule has 8 heteroatoms. The van der Waals surface area contributed by atoms with E-state index in [1.807, 2.05) is 18.2 Å². The Hall–Kier alpha value is -3.55. The standard InChI is InChI=1S/C23H24N4O4/c1-3-14(2)12-23(22-24-26-27-25-22)19-8-6-17(21(29)30)10-15(19)4-5-16-11-18(31-13-28)7-9-20(16)23/h6-11,13-14H,3-5,12H2,1-2H3,(H,29,30)(H,24,25,26,27)/t14-,23?/m0/s1. The van der Waals surface area contributed by atoms with Gasteiger partial charge >= 0.3 is 5.97 Å². The smallest absolute Gasteiger partial charge is 0.335 e. The Morgan fingerprint density at radius 2 is 1.94 bits per heavy atom. The zero-order valence-corrected chi connectivity index (χ0v) is 17.5. The highest BCUT2D eigenvalue weighted by Crippen LogP contribution is 2.48. The number of H-pyrrole nitrogens is 1. The van der Waals surface area contributed by atoms with Crippen molar-refractivity contribution < 1.29 is 19.4 Å². The molecule has 4 rings (SSSR count). The van der Waals surface area contributed by atoms with Crippen LogP contribution in [-0.4, -0.2) is 38.2 Å². The van der Waals surface area contributed by atoms with E-state index in [-0.39, 0.29) is 5.56 Å². The van der Waals surface area contributed by atoms with Crippen molar-refractivity contribution in [1.82, 2.24) is 20.6 Å². The van der Waals surface area contributed by atoms with Crippen molar-refractivity contribution in [3.63, 3.8) is 0 Å². The van der Waals surface area contributed by atoms with Crippen molar-refractivity contribution in [3.05, 3.63) is 70.0 Å². The highest BCUT2D eigenvalue weighted by Gasteiger charge is 2.45. The predicted molar refractivity (Wildman–Crippen MR) is 112 cm³/mol. The maximum Gasteiger partial charge on any atom is 0.335 e. The molecule has 1 heterocycles. The third-order valence-electron chi connectivity index (χ3n) is 6.27. The molecule has 0 radical (unpaired) electrons. The highest BCUT2D eigenvalue weighted by molar-refractivity contribution is 5.88. The van der Waals surface area contributed by atoms with Gasteiger partial charge in [-0.1, -0.05) is 37.6 Å². The molecule has 2 aromatic carbocycles. The van der Waals surface area contributed by atoms with Gasteiger partial charge in [-0.15, -0.1) is 10.2 Å². The van der Waals surface area contributed by atoms with Gasteiger partial charge in [0.25, 0.3) is 6.47 Å². The Kier molecular flexibility index (Phi) is 5.54. The fraction of sp³-hybridized carbons (Fsp3) is 0.348. The van der Waals surface area contributed by atoms with Crippen LogP contribution >= 0.6 is 0 Å². The summed E-state index contributed by atoms with van der Waals surface area (Å²) in [6.45, 7) is 4.74. The van der Waals surface area contributed by atoms with E-state index in [0.29, 0.717) is 36.8 Å². The van der Waals surface area contributed by atoms with E-state index in [9.17, 15) is 14.7 Å². The van der Waals surface area contributed by atoms with Gasteiger partial charge in [0.1, 0.15) is 5.75 Å². The highest BCUT2D eigenvalue weighted by atomic mass is 16.5. The zero-order valence-electron chi connectivity index (χ0n) is 17.5. The van der Waals surface area contributed by atoms with Crippen molar-refractivity contribution in [3.8, 4) is 5.75 Å². The van der Waals surface area contributed by atoms with Gasteiger partial charge in [-0.05, 0) is 71.7 Å². The summed E-state index contributed by atoms with van der Waals surface area (Å²) in [6.07, 6.45) is 3.00. The minimum atomic E-state index is -0.960.